The highest BCUT2D eigenvalue weighted by Gasteiger charge is 2.11. The fraction of sp³-hybridized carbons (Fsp3) is 0.222. The van der Waals surface area contributed by atoms with Gasteiger partial charge in [-0.25, -0.2) is 14.9 Å². The van der Waals surface area contributed by atoms with Crippen molar-refractivity contribution in [3.05, 3.63) is 27.2 Å². The van der Waals surface area contributed by atoms with Gasteiger partial charge in [-0.1, -0.05) is 0 Å². The molecular weight excluding hydrogens is 306 g/mol. The van der Waals surface area contributed by atoms with Crippen molar-refractivity contribution >= 4 is 33.4 Å². The van der Waals surface area contributed by atoms with Crippen LogP contribution in [0, 0.1) is 0 Å². The average Bonchev–Trinajstić information content (AvgIpc) is 2.63. The molecule has 0 radical (unpaired) electrons. The van der Waals surface area contributed by atoms with E-state index >= 15 is 0 Å². The van der Waals surface area contributed by atoms with Gasteiger partial charge in [0.25, 0.3) is 0 Å². The number of anilines is 1. The largest absolute Gasteiger partial charge is 0.397 e. The number of halogens is 1. The van der Waals surface area contributed by atoms with Crippen LogP contribution < -0.4 is 11.4 Å². The van der Waals surface area contributed by atoms with Crippen LogP contribution in [-0.2, 0) is 6.54 Å². The summed E-state index contributed by atoms with van der Waals surface area (Å²) in [6.07, 6.45) is 1.56. The molecule has 6 nitrogen and oxygen atoms in total. The molecule has 0 unspecified atom stereocenters. The predicted molar refractivity (Wildman–Crippen MR) is 69.0 cm³/mol. The smallest absolute Gasteiger partial charge is 0.343 e. The molecular formula is C9H10BrN5OS. The minimum absolute atomic E-state index is 0.221. The Kier molecular flexibility index (Phi) is 3.53. The zero-order valence-corrected chi connectivity index (χ0v) is 11.4. The van der Waals surface area contributed by atoms with Gasteiger partial charge in [0.1, 0.15) is 5.03 Å². The zero-order chi connectivity index (χ0) is 12.4. The number of rotatable bonds is 3. The third-order valence-electron chi connectivity index (χ3n) is 2.06. The van der Waals surface area contributed by atoms with Crippen LogP contribution in [0.4, 0.5) is 5.69 Å². The van der Waals surface area contributed by atoms with Gasteiger partial charge >= 0.3 is 5.69 Å². The normalized spacial score (nSPS) is 10.7. The van der Waals surface area contributed by atoms with Crippen molar-refractivity contribution in [3.63, 3.8) is 0 Å². The van der Waals surface area contributed by atoms with E-state index in [1.807, 2.05) is 6.92 Å². The molecule has 2 aromatic rings. The molecule has 0 bridgehead atoms. The van der Waals surface area contributed by atoms with Crippen LogP contribution in [0.25, 0.3) is 0 Å². The Hall–Kier alpha value is -1.28. The van der Waals surface area contributed by atoms with E-state index in [1.54, 1.807) is 12.3 Å². The first-order valence-electron chi connectivity index (χ1n) is 4.86. The van der Waals surface area contributed by atoms with Crippen LogP contribution in [0.5, 0.6) is 0 Å². The number of nitrogen functional groups attached to an aromatic ring is 1. The summed E-state index contributed by atoms with van der Waals surface area (Å²) < 4.78 is 2.32. The summed E-state index contributed by atoms with van der Waals surface area (Å²) in [4.78, 5) is 15.6. The first-order chi connectivity index (χ1) is 8.11. The lowest BCUT2D eigenvalue weighted by Gasteiger charge is -2.04. The molecule has 2 aromatic heterocycles. The third-order valence-corrected chi connectivity index (χ3v) is 3.94. The second-order valence-electron chi connectivity index (χ2n) is 3.21. The Morgan fingerprint density at radius 1 is 1.65 bits per heavy atom. The summed E-state index contributed by atoms with van der Waals surface area (Å²) in [7, 11) is 0. The quantitative estimate of drug-likeness (QED) is 0.895. The fourth-order valence-electron chi connectivity index (χ4n) is 1.26. The van der Waals surface area contributed by atoms with E-state index in [2.05, 4.69) is 31.1 Å². The Morgan fingerprint density at radius 2 is 2.41 bits per heavy atom. The molecule has 0 aliphatic heterocycles. The number of hydrogen-bond donors (Lipinski definition) is 2. The first kappa shape index (κ1) is 12.2. The SMILES string of the molecule is CCn1c(Sc2ncc(N)cc2Br)n[nH]c1=O. The van der Waals surface area contributed by atoms with Gasteiger partial charge in [-0.05, 0) is 40.7 Å². The van der Waals surface area contributed by atoms with Gasteiger partial charge in [0.15, 0.2) is 5.16 Å². The van der Waals surface area contributed by atoms with Gasteiger partial charge in [0.05, 0.1) is 16.4 Å². The molecule has 90 valence electrons. The molecule has 0 amide bonds. The molecule has 0 saturated heterocycles. The highest BCUT2D eigenvalue weighted by Crippen LogP contribution is 2.30. The van der Waals surface area contributed by atoms with E-state index in [-0.39, 0.29) is 5.69 Å². The summed E-state index contributed by atoms with van der Waals surface area (Å²) in [5.41, 5.74) is 5.96. The second kappa shape index (κ2) is 4.92. The lowest BCUT2D eigenvalue weighted by atomic mass is 10.4. The maximum Gasteiger partial charge on any atom is 0.343 e. The van der Waals surface area contributed by atoms with Crippen LogP contribution >= 0.6 is 27.7 Å². The number of nitrogens with two attached hydrogens (primary N) is 1. The number of H-pyrrole nitrogens is 1. The molecule has 2 heterocycles. The van der Waals surface area contributed by atoms with E-state index in [0.717, 1.165) is 4.47 Å². The van der Waals surface area contributed by atoms with Gasteiger partial charge in [-0.2, -0.15) is 0 Å². The van der Waals surface area contributed by atoms with Crippen LogP contribution in [0.2, 0.25) is 0 Å². The van der Waals surface area contributed by atoms with E-state index in [9.17, 15) is 4.79 Å². The summed E-state index contributed by atoms with van der Waals surface area (Å²) in [5, 5.41) is 7.64. The van der Waals surface area contributed by atoms with E-state index < -0.39 is 0 Å². The lowest BCUT2D eigenvalue weighted by molar-refractivity contribution is 0.660. The Morgan fingerprint density at radius 3 is 3.06 bits per heavy atom. The Balaban J connectivity index is 2.34. The van der Waals surface area contributed by atoms with Gasteiger partial charge in [0.2, 0.25) is 0 Å². The summed E-state index contributed by atoms with van der Waals surface area (Å²) in [5.74, 6) is 0. The molecule has 0 aliphatic carbocycles. The first-order valence-corrected chi connectivity index (χ1v) is 6.47. The molecule has 3 N–H and O–H groups in total. The van der Waals surface area contributed by atoms with Crippen molar-refractivity contribution in [2.75, 3.05) is 5.73 Å². The lowest BCUT2D eigenvalue weighted by Crippen LogP contribution is -2.16. The van der Waals surface area contributed by atoms with Gasteiger partial charge in [-0.15, -0.1) is 5.10 Å². The molecule has 0 atom stereocenters. The fourth-order valence-corrected chi connectivity index (χ4v) is 2.72. The molecule has 2 rings (SSSR count). The molecule has 0 aromatic carbocycles. The van der Waals surface area contributed by atoms with Crippen LogP contribution in [0.1, 0.15) is 6.92 Å². The maximum absolute atomic E-state index is 11.4. The summed E-state index contributed by atoms with van der Waals surface area (Å²) in [6.45, 7) is 2.44. The van der Waals surface area contributed by atoms with Crippen molar-refractivity contribution < 1.29 is 0 Å². The molecule has 0 fully saturated rings. The van der Waals surface area contributed by atoms with Crippen LogP contribution in [-0.4, -0.2) is 19.7 Å². The van der Waals surface area contributed by atoms with Gasteiger partial charge in [0, 0.05) is 6.54 Å². The van der Waals surface area contributed by atoms with Gasteiger partial charge in [-0.3, -0.25) is 4.57 Å². The Labute approximate surface area is 110 Å². The van der Waals surface area contributed by atoms with Crippen LogP contribution in [0.15, 0.2) is 31.7 Å². The monoisotopic (exact) mass is 315 g/mol. The number of pyridine rings is 1. The molecule has 8 heteroatoms. The number of nitrogens with zero attached hydrogens (tertiary/aromatic N) is 3. The summed E-state index contributed by atoms with van der Waals surface area (Å²) in [6, 6.07) is 1.76. The maximum atomic E-state index is 11.4. The van der Waals surface area contributed by atoms with Crippen LogP contribution in [0.3, 0.4) is 0 Å². The molecule has 0 saturated carbocycles. The van der Waals surface area contributed by atoms with E-state index in [4.69, 9.17) is 5.73 Å². The number of hydrogen-bond acceptors (Lipinski definition) is 5. The summed E-state index contributed by atoms with van der Waals surface area (Å²) >= 11 is 4.67. The van der Waals surface area contributed by atoms with Crippen molar-refractivity contribution in [2.45, 2.75) is 23.7 Å². The van der Waals surface area contributed by atoms with Crippen molar-refractivity contribution in [2.24, 2.45) is 0 Å². The van der Waals surface area contributed by atoms with Crippen molar-refractivity contribution in [1.82, 2.24) is 19.7 Å². The van der Waals surface area contributed by atoms with E-state index in [1.165, 1.54) is 16.3 Å². The third kappa shape index (κ3) is 2.52. The Bertz CT molecular complexity index is 593. The number of aromatic amines is 1. The molecule has 0 spiro atoms. The highest BCUT2D eigenvalue weighted by molar-refractivity contribution is 9.10. The average molecular weight is 316 g/mol. The molecule has 17 heavy (non-hydrogen) atoms. The molecule has 0 aliphatic rings. The standard InChI is InChI=1S/C9H10BrN5OS/c1-2-15-8(16)13-14-9(15)17-7-6(10)3-5(11)4-12-7/h3-4H,2,11H2,1H3,(H,13,16). The second-order valence-corrected chi connectivity index (χ2v) is 5.02. The predicted octanol–water partition coefficient (Wildman–Crippen LogP) is 1.48. The minimum atomic E-state index is -0.221. The topological polar surface area (TPSA) is 89.6 Å². The van der Waals surface area contributed by atoms with Crippen molar-refractivity contribution in [3.8, 4) is 0 Å². The zero-order valence-electron chi connectivity index (χ0n) is 8.98. The minimum Gasteiger partial charge on any atom is -0.397 e. The highest BCUT2D eigenvalue weighted by atomic mass is 79.9. The van der Waals surface area contributed by atoms with Gasteiger partial charge < -0.3 is 5.73 Å². The van der Waals surface area contributed by atoms with Crippen molar-refractivity contribution in [1.29, 1.82) is 0 Å². The number of aromatic nitrogens is 4. The van der Waals surface area contributed by atoms with E-state index in [0.29, 0.717) is 22.4 Å². The number of nitrogens with one attached hydrogen (secondary N) is 1.